The number of carbonyl (C=O) groups is 1. The largest absolute Gasteiger partial charge is 0.496 e. The lowest BCUT2D eigenvalue weighted by atomic mass is 10.0. The molecule has 0 radical (unpaired) electrons. The standard InChI is InChI=1S/C29H31N3O2S/c1-16-20-8-9-22(16)32(15-20)29(33)21-12-24(34-3)26-17(2)27(35-25(26)13-21)23-11-19-5-4-10-30-28(19)31(23)14-18-6-7-18/h4-5,10-13,16,18,20,22H,6-9,14-15H2,1-3H3/t16-,20?,22?/m1/s1. The van der Waals surface area contributed by atoms with E-state index in [2.05, 4.69) is 41.5 Å². The van der Waals surface area contributed by atoms with E-state index in [1.807, 2.05) is 18.3 Å². The van der Waals surface area contributed by atoms with Crippen LogP contribution in [0.15, 0.2) is 36.5 Å². The number of ether oxygens (including phenoxy) is 1. The van der Waals surface area contributed by atoms with Crippen LogP contribution in [0.4, 0.5) is 0 Å². The molecular formula is C29H31N3O2S. The third-order valence-electron chi connectivity index (χ3n) is 8.76. The summed E-state index contributed by atoms with van der Waals surface area (Å²) in [6.45, 7) is 6.41. The Bertz CT molecular complexity index is 1480. The summed E-state index contributed by atoms with van der Waals surface area (Å²) in [4.78, 5) is 21.7. The molecule has 4 heterocycles. The van der Waals surface area contributed by atoms with Gasteiger partial charge in [0.25, 0.3) is 5.91 Å². The molecule has 4 aromatic rings. The van der Waals surface area contributed by atoms with Gasteiger partial charge in [-0.05, 0) is 86.3 Å². The zero-order valence-corrected chi connectivity index (χ0v) is 21.4. The number of hydrogen-bond acceptors (Lipinski definition) is 4. The average molecular weight is 486 g/mol. The highest BCUT2D eigenvalue weighted by atomic mass is 32.1. The molecule has 1 aliphatic heterocycles. The lowest BCUT2D eigenvalue weighted by molar-refractivity contribution is 0.0696. The van der Waals surface area contributed by atoms with Crippen LogP contribution in [0.3, 0.4) is 0 Å². The minimum Gasteiger partial charge on any atom is -0.496 e. The molecule has 2 unspecified atom stereocenters. The lowest BCUT2D eigenvalue weighted by Gasteiger charge is -2.27. The average Bonchev–Trinajstić information content (AvgIpc) is 3.27. The van der Waals surface area contributed by atoms with E-state index in [4.69, 9.17) is 9.72 Å². The minimum absolute atomic E-state index is 0.156. The van der Waals surface area contributed by atoms with Crippen LogP contribution in [-0.2, 0) is 6.54 Å². The normalized spacial score (nSPS) is 23.6. The molecule has 6 heteroatoms. The van der Waals surface area contributed by atoms with Crippen LogP contribution in [0.25, 0.3) is 31.7 Å². The smallest absolute Gasteiger partial charge is 0.254 e. The predicted octanol–water partition coefficient (Wildman–Crippen LogP) is 6.52. The van der Waals surface area contributed by atoms with Gasteiger partial charge in [0.1, 0.15) is 11.4 Å². The number of hydrogen-bond donors (Lipinski definition) is 0. The Morgan fingerprint density at radius 1 is 1.20 bits per heavy atom. The first kappa shape index (κ1) is 21.4. The molecule has 0 N–H and O–H groups in total. The Labute approximate surface area is 209 Å². The molecule has 2 saturated carbocycles. The maximum absolute atomic E-state index is 13.6. The van der Waals surface area contributed by atoms with Crippen LogP contribution in [0, 0.1) is 24.7 Å². The number of likely N-dealkylation sites (tertiary alicyclic amines) is 1. The molecule has 2 bridgehead atoms. The van der Waals surface area contributed by atoms with Crippen molar-refractivity contribution in [2.45, 2.75) is 52.1 Å². The van der Waals surface area contributed by atoms with Gasteiger partial charge in [-0.1, -0.05) is 6.92 Å². The number of amides is 1. The number of benzene rings is 1. The summed E-state index contributed by atoms with van der Waals surface area (Å²) in [5.41, 5.74) is 4.26. The van der Waals surface area contributed by atoms with Crippen molar-refractivity contribution in [2.75, 3.05) is 13.7 Å². The highest BCUT2D eigenvalue weighted by Crippen LogP contribution is 2.47. The maximum atomic E-state index is 13.6. The molecule has 180 valence electrons. The Balaban J connectivity index is 1.35. The van der Waals surface area contributed by atoms with Gasteiger partial charge in [-0.15, -0.1) is 11.3 Å². The predicted molar refractivity (Wildman–Crippen MR) is 141 cm³/mol. The fourth-order valence-electron chi connectivity index (χ4n) is 6.60. The highest BCUT2D eigenvalue weighted by Gasteiger charge is 2.46. The molecule has 0 spiro atoms. The van der Waals surface area contributed by atoms with Crippen LogP contribution < -0.4 is 4.74 Å². The van der Waals surface area contributed by atoms with Gasteiger partial charge in [0.15, 0.2) is 0 Å². The van der Waals surface area contributed by atoms with Crippen LogP contribution in [0.1, 0.15) is 48.5 Å². The number of thiophene rings is 1. The summed E-state index contributed by atoms with van der Waals surface area (Å²) in [6, 6.07) is 10.9. The first-order valence-electron chi connectivity index (χ1n) is 12.9. The number of aryl methyl sites for hydroxylation is 1. The lowest BCUT2D eigenvalue weighted by Crippen LogP contribution is -2.38. The van der Waals surface area contributed by atoms with Crippen molar-refractivity contribution in [1.82, 2.24) is 14.5 Å². The summed E-state index contributed by atoms with van der Waals surface area (Å²) in [5, 5.41) is 2.30. The number of rotatable bonds is 5. The third-order valence-corrected chi connectivity index (χ3v) is 10.0. The maximum Gasteiger partial charge on any atom is 0.254 e. The number of pyridine rings is 1. The van der Waals surface area contributed by atoms with Gasteiger partial charge in [0, 0.05) is 46.4 Å². The van der Waals surface area contributed by atoms with Crippen molar-refractivity contribution < 1.29 is 9.53 Å². The van der Waals surface area contributed by atoms with Crippen molar-refractivity contribution in [3.8, 4) is 16.3 Å². The second-order valence-corrected chi connectivity index (χ2v) is 11.9. The van der Waals surface area contributed by atoms with Crippen molar-refractivity contribution in [2.24, 2.45) is 17.8 Å². The van der Waals surface area contributed by atoms with Crippen molar-refractivity contribution in [3.05, 3.63) is 47.7 Å². The summed E-state index contributed by atoms with van der Waals surface area (Å²) in [5.74, 6) is 2.97. The van der Waals surface area contributed by atoms with Crippen LogP contribution in [0.2, 0.25) is 0 Å². The van der Waals surface area contributed by atoms with Gasteiger partial charge in [0.05, 0.1) is 17.7 Å². The molecule has 2 aliphatic carbocycles. The van der Waals surface area contributed by atoms with Crippen molar-refractivity contribution in [1.29, 1.82) is 0 Å². The number of methoxy groups -OCH3 is 1. The number of fused-ring (bicyclic) bond motifs is 4. The first-order valence-corrected chi connectivity index (χ1v) is 13.7. The van der Waals surface area contributed by atoms with Gasteiger partial charge >= 0.3 is 0 Å². The van der Waals surface area contributed by atoms with E-state index < -0.39 is 0 Å². The van der Waals surface area contributed by atoms with E-state index in [1.165, 1.54) is 40.8 Å². The third kappa shape index (κ3) is 3.25. The van der Waals surface area contributed by atoms with Gasteiger partial charge in [-0.3, -0.25) is 4.79 Å². The van der Waals surface area contributed by atoms with E-state index >= 15 is 0 Å². The SMILES string of the molecule is COc1cc(C(=O)N2CC3CCC2[C@@H]3C)cc2sc(-c3cc4cccnc4n3CC3CC3)c(C)c12. The van der Waals surface area contributed by atoms with Gasteiger partial charge < -0.3 is 14.2 Å². The first-order chi connectivity index (χ1) is 17.0. The monoisotopic (exact) mass is 485 g/mol. The summed E-state index contributed by atoms with van der Waals surface area (Å²) in [7, 11) is 1.72. The van der Waals surface area contributed by atoms with Crippen LogP contribution >= 0.6 is 11.3 Å². The fraction of sp³-hybridized carbons (Fsp3) is 0.448. The Kier molecular flexibility index (Phi) is 4.79. The summed E-state index contributed by atoms with van der Waals surface area (Å²) >= 11 is 1.77. The topological polar surface area (TPSA) is 47.4 Å². The Morgan fingerprint density at radius 2 is 2.06 bits per heavy atom. The molecule has 3 aliphatic rings. The van der Waals surface area contributed by atoms with Gasteiger partial charge in [-0.2, -0.15) is 0 Å². The zero-order chi connectivity index (χ0) is 23.8. The molecule has 1 saturated heterocycles. The molecule has 1 aromatic carbocycles. The molecule has 35 heavy (non-hydrogen) atoms. The molecular weight excluding hydrogens is 454 g/mol. The fourth-order valence-corrected chi connectivity index (χ4v) is 7.89. The van der Waals surface area contributed by atoms with E-state index in [0.717, 1.165) is 52.5 Å². The van der Waals surface area contributed by atoms with E-state index in [-0.39, 0.29) is 5.91 Å². The van der Waals surface area contributed by atoms with Crippen LogP contribution in [-0.4, -0.2) is 40.1 Å². The van der Waals surface area contributed by atoms with Gasteiger partial charge in [-0.25, -0.2) is 4.98 Å². The number of nitrogens with zero attached hydrogens (tertiary/aromatic N) is 3. The summed E-state index contributed by atoms with van der Waals surface area (Å²) in [6.07, 6.45) is 6.88. The van der Waals surface area contributed by atoms with E-state index in [1.54, 1.807) is 18.4 Å². The van der Waals surface area contributed by atoms with E-state index in [0.29, 0.717) is 17.9 Å². The Morgan fingerprint density at radius 3 is 2.77 bits per heavy atom. The molecule has 3 aromatic heterocycles. The second kappa shape index (κ2) is 7.82. The van der Waals surface area contributed by atoms with Crippen LogP contribution in [0.5, 0.6) is 5.75 Å². The summed E-state index contributed by atoms with van der Waals surface area (Å²) < 4.78 is 9.40. The minimum atomic E-state index is 0.156. The number of aromatic nitrogens is 2. The van der Waals surface area contributed by atoms with Crippen molar-refractivity contribution in [3.63, 3.8) is 0 Å². The molecule has 3 atom stereocenters. The Hall–Kier alpha value is -2.86. The molecule has 5 nitrogen and oxygen atoms in total. The zero-order valence-electron chi connectivity index (χ0n) is 20.6. The molecule has 7 rings (SSSR count). The molecule has 1 amide bonds. The highest BCUT2D eigenvalue weighted by molar-refractivity contribution is 7.22. The van der Waals surface area contributed by atoms with Crippen molar-refractivity contribution >= 4 is 38.4 Å². The van der Waals surface area contributed by atoms with E-state index in [9.17, 15) is 4.79 Å². The van der Waals surface area contributed by atoms with Gasteiger partial charge in [0.2, 0.25) is 0 Å². The molecule has 3 fully saturated rings. The number of carbonyl (C=O) groups excluding carboxylic acids is 1. The number of piperidine rings is 1. The second-order valence-electron chi connectivity index (χ2n) is 10.8. The quantitative estimate of drug-likeness (QED) is 0.323.